The van der Waals surface area contributed by atoms with Gasteiger partial charge >= 0.3 is 0 Å². The zero-order valence-electron chi connectivity index (χ0n) is 10.5. The Bertz CT molecular complexity index is 229. The number of allylic oxidation sites excluding steroid dienone is 2. The third-order valence-electron chi connectivity index (χ3n) is 2.53. The monoisotopic (exact) mass is 208 g/mol. The van der Waals surface area contributed by atoms with E-state index in [-0.39, 0.29) is 0 Å². The molecule has 2 nitrogen and oxygen atoms in total. The van der Waals surface area contributed by atoms with Crippen molar-refractivity contribution in [3.05, 3.63) is 24.4 Å². The molecule has 0 aromatic heterocycles. The minimum absolute atomic E-state index is 0.397. The van der Waals surface area contributed by atoms with E-state index in [1.54, 1.807) is 0 Å². The molecule has 2 unspecified atom stereocenters. The summed E-state index contributed by atoms with van der Waals surface area (Å²) in [5, 5.41) is 3.32. The molecule has 0 fully saturated rings. The smallest absolute Gasteiger partial charge is 0.0344 e. The zero-order chi connectivity index (χ0) is 11.7. The van der Waals surface area contributed by atoms with Crippen molar-refractivity contribution in [2.75, 3.05) is 7.05 Å². The molecular weight excluding hydrogens is 184 g/mol. The highest BCUT2D eigenvalue weighted by atomic mass is 14.9. The van der Waals surface area contributed by atoms with E-state index < -0.39 is 0 Å². The van der Waals surface area contributed by atoms with Crippen molar-refractivity contribution in [1.82, 2.24) is 5.32 Å². The standard InChI is InChI=1S/C13H24N2/c1-6-8-9-11(3)13(14-5)10-12(4)15-7-2/h6-7,10-11,13-14H,1,8-9H2,2-5H3/b12-10+,15-7-. The van der Waals surface area contributed by atoms with Gasteiger partial charge in [0.25, 0.3) is 0 Å². The molecule has 0 aliphatic rings. The van der Waals surface area contributed by atoms with Gasteiger partial charge in [0, 0.05) is 18.0 Å². The largest absolute Gasteiger partial charge is 0.313 e. The van der Waals surface area contributed by atoms with Gasteiger partial charge < -0.3 is 5.32 Å². The molecule has 0 saturated heterocycles. The number of rotatable bonds is 7. The molecule has 0 rings (SSSR count). The Kier molecular flexibility index (Phi) is 7.92. The molecule has 0 bridgehead atoms. The molecule has 1 N–H and O–H groups in total. The van der Waals surface area contributed by atoms with Crippen LogP contribution in [0.3, 0.4) is 0 Å². The predicted molar refractivity (Wildman–Crippen MR) is 69.4 cm³/mol. The summed E-state index contributed by atoms with van der Waals surface area (Å²) in [4.78, 5) is 4.25. The topological polar surface area (TPSA) is 24.4 Å². The molecule has 2 heteroatoms. The highest BCUT2D eigenvalue weighted by Crippen LogP contribution is 2.13. The van der Waals surface area contributed by atoms with Crippen LogP contribution in [0, 0.1) is 5.92 Å². The molecule has 0 radical (unpaired) electrons. The fourth-order valence-electron chi connectivity index (χ4n) is 1.60. The SMILES string of the molecule is C=CCCC(C)C(/C=C(C)/N=C\C)NC. The van der Waals surface area contributed by atoms with Gasteiger partial charge in [-0.15, -0.1) is 6.58 Å². The molecule has 0 aromatic rings. The van der Waals surface area contributed by atoms with Crippen molar-refractivity contribution in [2.45, 2.75) is 39.7 Å². The zero-order valence-corrected chi connectivity index (χ0v) is 10.5. The van der Waals surface area contributed by atoms with E-state index >= 15 is 0 Å². The van der Waals surface area contributed by atoms with Crippen molar-refractivity contribution in [1.29, 1.82) is 0 Å². The van der Waals surface area contributed by atoms with Gasteiger partial charge in [-0.05, 0) is 45.7 Å². The number of likely N-dealkylation sites (N-methyl/N-ethyl adjacent to an activating group) is 1. The van der Waals surface area contributed by atoms with E-state index in [9.17, 15) is 0 Å². The molecule has 0 saturated carbocycles. The summed E-state index contributed by atoms with van der Waals surface area (Å²) < 4.78 is 0. The number of hydrogen-bond acceptors (Lipinski definition) is 2. The van der Waals surface area contributed by atoms with Crippen LogP contribution >= 0.6 is 0 Å². The first kappa shape index (κ1) is 14.1. The Labute approximate surface area is 94.2 Å². The molecule has 2 atom stereocenters. The predicted octanol–water partition coefficient (Wildman–Crippen LogP) is 3.17. The maximum atomic E-state index is 4.25. The first-order valence-electron chi connectivity index (χ1n) is 5.61. The van der Waals surface area contributed by atoms with Gasteiger partial charge in [-0.2, -0.15) is 0 Å². The second kappa shape index (κ2) is 8.42. The first-order chi connectivity index (χ1) is 7.15. The van der Waals surface area contributed by atoms with Crippen LogP contribution in [0.5, 0.6) is 0 Å². The maximum absolute atomic E-state index is 4.25. The van der Waals surface area contributed by atoms with Crippen molar-refractivity contribution in [3.8, 4) is 0 Å². The lowest BCUT2D eigenvalue weighted by molar-refractivity contribution is 0.434. The molecule has 0 aliphatic heterocycles. The quantitative estimate of drug-likeness (QED) is 0.504. The van der Waals surface area contributed by atoms with Gasteiger partial charge in [0.15, 0.2) is 0 Å². The van der Waals surface area contributed by atoms with E-state index in [1.165, 1.54) is 0 Å². The highest BCUT2D eigenvalue weighted by molar-refractivity contribution is 5.55. The van der Waals surface area contributed by atoms with Crippen molar-refractivity contribution in [2.24, 2.45) is 10.9 Å². The lowest BCUT2D eigenvalue weighted by atomic mass is 9.96. The molecule has 0 spiro atoms. The van der Waals surface area contributed by atoms with Crippen LogP contribution in [0.25, 0.3) is 0 Å². The Balaban J connectivity index is 4.33. The summed E-state index contributed by atoms with van der Waals surface area (Å²) in [7, 11) is 1.99. The van der Waals surface area contributed by atoms with Crippen LogP contribution in [0.15, 0.2) is 29.4 Å². The third kappa shape index (κ3) is 6.24. The van der Waals surface area contributed by atoms with Gasteiger partial charge in [0.1, 0.15) is 0 Å². The Morgan fingerprint density at radius 1 is 1.53 bits per heavy atom. The fourth-order valence-corrected chi connectivity index (χ4v) is 1.60. The maximum Gasteiger partial charge on any atom is 0.0344 e. The molecule has 0 aliphatic carbocycles. The van der Waals surface area contributed by atoms with Gasteiger partial charge in [-0.1, -0.05) is 13.0 Å². The van der Waals surface area contributed by atoms with Gasteiger partial charge in [0.2, 0.25) is 0 Å². The minimum Gasteiger partial charge on any atom is -0.313 e. The average Bonchev–Trinajstić information content (AvgIpc) is 2.22. The number of hydrogen-bond donors (Lipinski definition) is 1. The molecule has 0 amide bonds. The molecule has 15 heavy (non-hydrogen) atoms. The van der Waals surface area contributed by atoms with Crippen LogP contribution in [0.4, 0.5) is 0 Å². The summed E-state index contributed by atoms with van der Waals surface area (Å²) in [6, 6.07) is 0.397. The second-order valence-electron chi connectivity index (χ2n) is 3.85. The Morgan fingerprint density at radius 3 is 2.67 bits per heavy atom. The first-order valence-corrected chi connectivity index (χ1v) is 5.61. The van der Waals surface area contributed by atoms with Gasteiger partial charge in [-0.3, -0.25) is 4.99 Å². The minimum atomic E-state index is 0.397. The van der Waals surface area contributed by atoms with Crippen LogP contribution in [-0.4, -0.2) is 19.3 Å². The molecule has 86 valence electrons. The second-order valence-corrected chi connectivity index (χ2v) is 3.85. The fraction of sp³-hybridized carbons (Fsp3) is 0.615. The van der Waals surface area contributed by atoms with Crippen LogP contribution in [0.1, 0.15) is 33.6 Å². The van der Waals surface area contributed by atoms with Crippen LogP contribution in [-0.2, 0) is 0 Å². The van der Waals surface area contributed by atoms with E-state index in [1.807, 2.05) is 33.2 Å². The van der Waals surface area contributed by atoms with Crippen molar-refractivity contribution >= 4 is 6.21 Å². The van der Waals surface area contributed by atoms with Crippen molar-refractivity contribution < 1.29 is 0 Å². The molecule has 0 heterocycles. The van der Waals surface area contributed by atoms with Gasteiger partial charge in [-0.25, -0.2) is 0 Å². The number of nitrogens with zero attached hydrogens (tertiary/aromatic N) is 1. The molecular formula is C13H24N2. The normalized spacial score (nSPS) is 16.7. The highest BCUT2D eigenvalue weighted by Gasteiger charge is 2.11. The summed E-state index contributed by atoms with van der Waals surface area (Å²) in [5.41, 5.74) is 1.07. The lowest BCUT2D eigenvalue weighted by Crippen LogP contribution is -2.30. The van der Waals surface area contributed by atoms with E-state index in [0.29, 0.717) is 12.0 Å². The Hall–Kier alpha value is -0.890. The lowest BCUT2D eigenvalue weighted by Gasteiger charge is -2.20. The van der Waals surface area contributed by atoms with E-state index in [4.69, 9.17) is 0 Å². The summed E-state index contributed by atoms with van der Waals surface area (Å²) >= 11 is 0. The molecule has 0 aromatic carbocycles. The summed E-state index contributed by atoms with van der Waals surface area (Å²) in [6.45, 7) is 9.97. The van der Waals surface area contributed by atoms with E-state index in [2.05, 4.69) is 29.9 Å². The number of aliphatic imine (C=N–C) groups is 1. The van der Waals surface area contributed by atoms with E-state index in [0.717, 1.165) is 18.5 Å². The third-order valence-corrected chi connectivity index (χ3v) is 2.53. The summed E-state index contributed by atoms with van der Waals surface area (Å²) in [5.74, 6) is 0.606. The van der Waals surface area contributed by atoms with Crippen LogP contribution < -0.4 is 5.32 Å². The number of nitrogens with one attached hydrogen (secondary N) is 1. The summed E-state index contributed by atoms with van der Waals surface area (Å²) in [6.07, 6.45) is 8.22. The average molecular weight is 208 g/mol. The van der Waals surface area contributed by atoms with Crippen molar-refractivity contribution in [3.63, 3.8) is 0 Å². The Morgan fingerprint density at radius 2 is 2.20 bits per heavy atom. The van der Waals surface area contributed by atoms with Crippen LogP contribution in [0.2, 0.25) is 0 Å². The van der Waals surface area contributed by atoms with Gasteiger partial charge in [0.05, 0.1) is 0 Å².